The minimum atomic E-state index is 0.440. The van der Waals surface area contributed by atoms with Gasteiger partial charge >= 0.3 is 0 Å². The summed E-state index contributed by atoms with van der Waals surface area (Å²) < 4.78 is 13.1. The van der Waals surface area contributed by atoms with E-state index in [-0.39, 0.29) is 0 Å². The molecule has 0 N–H and O–H groups in total. The van der Waals surface area contributed by atoms with Gasteiger partial charge in [-0.3, -0.25) is 0 Å². The van der Waals surface area contributed by atoms with E-state index < -0.39 is 0 Å². The SMILES string of the molecule is COc1ccccc1Oc1ncnc2c1cnn2-c1ccc(C)cc1C. The number of benzene rings is 2. The van der Waals surface area contributed by atoms with E-state index in [4.69, 9.17) is 9.47 Å². The average Bonchev–Trinajstić information content (AvgIpc) is 3.07. The third-order valence-corrected chi connectivity index (χ3v) is 4.19. The number of rotatable bonds is 4. The van der Waals surface area contributed by atoms with Crippen LogP contribution in [0.5, 0.6) is 17.4 Å². The minimum absolute atomic E-state index is 0.440. The standard InChI is InChI=1S/C20H18N4O2/c1-13-8-9-16(14(2)10-13)24-19-15(11-23-24)20(22-12-21-19)26-18-7-5-4-6-17(18)25-3/h4-12H,1-3H3. The van der Waals surface area contributed by atoms with Gasteiger partial charge in [0.2, 0.25) is 5.88 Å². The van der Waals surface area contributed by atoms with Gasteiger partial charge in [0.1, 0.15) is 11.7 Å². The van der Waals surface area contributed by atoms with E-state index in [0.29, 0.717) is 23.0 Å². The van der Waals surface area contributed by atoms with E-state index in [2.05, 4.69) is 41.0 Å². The maximum Gasteiger partial charge on any atom is 0.233 e. The van der Waals surface area contributed by atoms with Crippen molar-refractivity contribution in [1.82, 2.24) is 19.7 Å². The molecule has 0 saturated carbocycles. The molecule has 130 valence electrons. The van der Waals surface area contributed by atoms with Crippen molar-refractivity contribution in [1.29, 1.82) is 0 Å². The Hall–Kier alpha value is -3.41. The summed E-state index contributed by atoms with van der Waals surface area (Å²) in [7, 11) is 1.61. The van der Waals surface area contributed by atoms with Crippen molar-refractivity contribution in [3.8, 4) is 23.1 Å². The third kappa shape index (κ3) is 2.75. The van der Waals surface area contributed by atoms with Gasteiger partial charge in [-0.05, 0) is 37.6 Å². The van der Waals surface area contributed by atoms with Crippen molar-refractivity contribution >= 4 is 11.0 Å². The highest BCUT2D eigenvalue weighted by molar-refractivity contribution is 5.81. The minimum Gasteiger partial charge on any atom is -0.493 e. The molecule has 6 nitrogen and oxygen atoms in total. The highest BCUT2D eigenvalue weighted by atomic mass is 16.5. The maximum absolute atomic E-state index is 5.98. The number of hydrogen-bond acceptors (Lipinski definition) is 5. The number of methoxy groups -OCH3 is 1. The lowest BCUT2D eigenvalue weighted by molar-refractivity contribution is 0.375. The topological polar surface area (TPSA) is 62.1 Å². The van der Waals surface area contributed by atoms with E-state index in [9.17, 15) is 0 Å². The zero-order valence-electron chi connectivity index (χ0n) is 14.8. The fraction of sp³-hybridized carbons (Fsp3) is 0.150. The molecule has 6 heteroatoms. The van der Waals surface area contributed by atoms with E-state index in [1.807, 2.05) is 30.3 Å². The molecule has 0 aliphatic rings. The summed E-state index contributed by atoms with van der Waals surface area (Å²) in [4.78, 5) is 8.68. The summed E-state index contributed by atoms with van der Waals surface area (Å²) in [6, 6.07) is 13.7. The Bertz CT molecular complexity index is 1090. The van der Waals surface area contributed by atoms with Crippen LogP contribution in [0, 0.1) is 13.8 Å². The van der Waals surface area contributed by atoms with Gasteiger partial charge in [-0.1, -0.05) is 29.8 Å². The van der Waals surface area contributed by atoms with Gasteiger partial charge in [-0.15, -0.1) is 0 Å². The van der Waals surface area contributed by atoms with Crippen LogP contribution in [0.1, 0.15) is 11.1 Å². The summed E-state index contributed by atoms with van der Waals surface area (Å²) in [5.74, 6) is 1.67. The molecule has 0 aliphatic heterocycles. The highest BCUT2D eigenvalue weighted by Gasteiger charge is 2.15. The fourth-order valence-corrected chi connectivity index (χ4v) is 2.93. The van der Waals surface area contributed by atoms with E-state index >= 15 is 0 Å². The number of nitrogens with zero attached hydrogens (tertiary/aromatic N) is 4. The van der Waals surface area contributed by atoms with Crippen molar-refractivity contribution in [3.63, 3.8) is 0 Å². The molecule has 0 radical (unpaired) electrons. The van der Waals surface area contributed by atoms with Gasteiger partial charge in [0.05, 0.1) is 19.0 Å². The molecule has 4 aromatic rings. The Balaban J connectivity index is 1.80. The largest absolute Gasteiger partial charge is 0.493 e. The Kier molecular flexibility index (Phi) is 4.01. The van der Waals surface area contributed by atoms with Crippen molar-refractivity contribution in [2.24, 2.45) is 0 Å². The van der Waals surface area contributed by atoms with Crippen molar-refractivity contribution in [2.75, 3.05) is 7.11 Å². The summed E-state index contributed by atoms with van der Waals surface area (Å²) in [6.07, 6.45) is 3.20. The molecule has 2 aromatic carbocycles. The normalized spacial score (nSPS) is 10.9. The summed E-state index contributed by atoms with van der Waals surface area (Å²) >= 11 is 0. The van der Waals surface area contributed by atoms with Crippen LogP contribution in [0.4, 0.5) is 0 Å². The quantitative estimate of drug-likeness (QED) is 0.553. The van der Waals surface area contributed by atoms with E-state index in [1.54, 1.807) is 18.0 Å². The Morgan fingerprint density at radius 3 is 2.54 bits per heavy atom. The monoisotopic (exact) mass is 346 g/mol. The molecule has 0 aliphatic carbocycles. The molecular weight excluding hydrogens is 328 g/mol. The Labute approximate surface area is 151 Å². The van der Waals surface area contributed by atoms with Crippen LogP contribution < -0.4 is 9.47 Å². The molecule has 26 heavy (non-hydrogen) atoms. The number of aromatic nitrogens is 4. The average molecular weight is 346 g/mol. The second-order valence-electron chi connectivity index (χ2n) is 6.02. The maximum atomic E-state index is 5.98. The molecule has 0 unspecified atom stereocenters. The first-order valence-corrected chi connectivity index (χ1v) is 8.24. The lowest BCUT2D eigenvalue weighted by Crippen LogP contribution is -2.01. The van der Waals surface area contributed by atoms with E-state index in [0.717, 1.165) is 16.6 Å². The second kappa shape index (κ2) is 6.48. The number of hydrogen-bond donors (Lipinski definition) is 0. The lowest BCUT2D eigenvalue weighted by Gasteiger charge is -2.10. The first-order valence-electron chi connectivity index (χ1n) is 8.24. The van der Waals surface area contributed by atoms with Crippen LogP contribution in [-0.2, 0) is 0 Å². The summed E-state index contributed by atoms with van der Waals surface area (Å²) in [6.45, 7) is 4.13. The summed E-state index contributed by atoms with van der Waals surface area (Å²) in [5, 5.41) is 5.24. The predicted molar refractivity (Wildman–Crippen MR) is 99.2 cm³/mol. The third-order valence-electron chi connectivity index (χ3n) is 4.19. The van der Waals surface area contributed by atoms with Crippen molar-refractivity contribution in [2.45, 2.75) is 13.8 Å². The smallest absolute Gasteiger partial charge is 0.233 e. The number of ether oxygens (including phenoxy) is 2. The predicted octanol–water partition coefficient (Wildman–Crippen LogP) is 4.23. The fourth-order valence-electron chi connectivity index (χ4n) is 2.93. The molecule has 0 saturated heterocycles. The van der Waals surface area contributed by atoms with Crippen LogP contribution in [0.15, 0.2) is 55.0 Å². The van der Waals surface area contributed by atoms with Gasteiger partial charge in [0.25, 0.3) is 0 Å². The van der Waals surface area contributed by atoms with Gasteiger partial charge in [0, 0.05) is 0 Å². The lowest BCUT2D eigenvalue weighted by atomic mass is 10.1. The van der Waals surface area contributed by atoms with Gasteiger partial charge in [-0.25, -0.2) is 14.6 Å². The van der Waals surface area contributed by atoms with Gasteiger partial charge in [0.15, 0.2) is 17.1 Å². The van der Waals surface area contributed by atoms with Crippen molar-refractivity contribution in [3.05, 3.63) is 66.1 Å². The highest BCUT2D eigenvalue weighted by Crippen LogP contribution is 2.33. The summed E-state index contributed by atoms with van der Waals surface area (Å²) in [5.41, 5.74) is 4.00. The molecule has 2 heterocycles. The molecule has 0 atom stereocenters. The van der Waals surface area contributed by atoms with Crippen LogP contribution in [-0.4, -0.2) is 26.9 Å². The number of fused-ring (bicyclic) bond motifs is 1. The first kappa shape index (κ1) is 16.1. The number of aryl methyl sites for hydroxylation is 2. The first-order chi connectivity index (χ1) is 12.7. The van der Waals surface area contributed by atoms with Gasteiger partial charge < -0.3 is 9.47 Å². The zero-order chi connectivity index (χ0) is 18.1. The zero-order valence-corrected chi connectivity index (χ0v) is 14.8. The van der Waals surface area contributed by atoms with Crippen LogP contribution >= 0.6 is 0 Å². The van der Waals surface area contributed by atoms with Crippen LogP contribution in [0.25, 0.3) is 16.7 Å². The molecule has 2 aromatic heterocycles. The van der Waals surface area contributed by atoms with Gasteiger partial charge in [-0.2, -0.15) is 5.10 Å². The Morgan fingerprint density at radius 2 is 1.77 bits per heavy atom. The van der Waals surface area contributed by atoms with Crippen molar-refractivity contribution < 1.29 is 9.47 Å². The Morgan fingerprint density at radius 1 is 0.962 bits per heavy atom. The van der Waals surface area contributed by atoms with Crippen LogP contribution in [0.3, 0.4) is 0 Å². The molecule has 0 bridgehead atoms. The number of para-hydroxylation sites is 2. The van der Waals surface area contributed by atoms with E-state index in [1.165, 1.54) is 11.9 Å². The second-order valence-corrected chi connectivity index (χ2v) is 6.02. The molecule has 4 rings (SSSR count). The molecular formula is C20H18N4O2. The molecule has 0 amide bonds. The molecule has 0 spiro atoms. The molecule has 0 fully saturated rings. The van der Waals surface area contributed by atoms with Crippen LogP contribution in [0.2, 0.25) is 0 Å².